The number of ether oxygens (including phenoxy) is 2. The molecule has 1 aliphatic heterocycles. The zero-order valence-corrected chi connectivity index (χ0v) is 17.5. The number of amides is 1. The van der Waals surface area contributed by atoms with E-state index in [1.165, 1.54) is 4.90 Å². The van der Waals surface area contributed by atoms with Crippen molar-refractivity contribution in [2.75, 3.05) is 18.6 Å². The van der Waals surface area contributed by atoms with Gasteiger partial charge < -0.3 is 14.4 Å². The van der Waals surface area contributed by atoms with Gasteiger partial charge in [-0.2, -0.15) is 5.10 Å². The Balaban J connectivity index is 2.00. The average Bonchev–Trinajstić information content (AvgIpc) is 3.06. The van der Waals surface area contributed by atoms with Gasteiger partial charge in [-0.25, -0.2) is 4.79 Å². The van der Waals surface area contributed by atoms with E-state index in [0.29, 0.717) is 5.69 Å². The lowest BCUT2D eigenvalue weighted by molar-refractivity contribution is -0.160. The van der Waals surface area contributed by atoms with Crippen molar-refractivity contribution in [2.24, 2.45) is 11.0 Å². The van der Waals surface area contributed by atoms with Gasteiger partial charge in [0.25, 0.3) is 5.91 Å². The average molecular weight is 415 g/mol. The molecule has 1 N–H and O–H groups in total. The molecular weight excluding hydrogens is 386 g/mol. The number of carbonyl (C=O) groups is 3. The first-order valence-electron chi connectivity index (χ1n) is 10.6. The van der Waals surface area contributed by atoms with Gasteiger partial charge >= 0.3 is 11.9 Å². The predicted molar refractivity (Wildman–Crippen MR) is 112 cm³/mol. The highest BCUT2D eigenvalue weighted by atomic mass is 16.5. The highest BCUT2D eigenvalue weighted by Crippen LogP contribution is 2.34. The minimum absolute atomic E-state index is 0.0130. The minimum atomic E-state index is -1.13. The molecule has 1 aromatic rings. The molecule has 0 unspecified atom stereocenters. The molecule has 0 radical (unpaired) electrons. The smallest absolute Gasteiger partial charge is 0.330 e. The summed E-state index contributed by atoms with van der Waals surface area (Å²) >= 11 is 0. The van der Waals surface area contributed by atoms with Crippen LogP contribution < -0.4 is 5.43 Å². The Hall–Kier alpha value is -2.90. The fourth-order valence-corrected chi connectivity index (χ4v) is 4.16. The number of anilines is 1. The van der Waals surface area contributed by atoms with Crippen LogP contribution in [0.4, 0.5) is 5.69 Å². The van der Waals surface area contributed by atoms with E-state index in [0.717, 1.165) is 32.1 Å². The van der Waals surface area contributed by atoms with Crippen molar-refractivity contribution in [1.29, 1.82) is 0 Å². The molecule has 2 atom stereocenters. The van der Waals surface area contributed by atoms with Crippen LogP contribution >= 0.6 is 0 Å². The number of rotatable bonds is 7. The van der Waals surface area contributed by atoms with Crippen LogP contribution in [0.5, 0.6) is 0 Å². The molecule has 8 nitrogen and oxygen atoms in total. The van der Waals surface area contributed by atoms with Gasteiger partial charge in [0.15, 0.2) is 0 Å². The third-order valence-electron chi connectivity index (χ3n) is 5.48. The highest BCUT2D eigenvalue weighted by molar-refractivity contribution is 6.46. The Bertz CT molecular complexity index is 789. The van der Waals surface area contributed by atoms with E-state index < -0.39 is 29.8 Å². The number of nitrogens with zero attached hydrogens (tertiary/aromatic N) is 2. The van der Waals surface area contributed by atoms with Crippen LogP contribution in [0, 0.1) is 5.92 Å². The molecule has 0 aromatic heterocycles. The van der Waals surface area contributed by atoms with Crippen LogP contribution in [0.3, 0.4) is 0 Å². The Morgan fingerprint density at radius 3 is 2.30 bits per heavy atom. The molecule has 1 heterocycles. The van der Waals surface area contributed by atoms with Crippen molar-refractivity contribution < 1.29 is 23.9 Å². The summed E-state index contributed by atoms with van der Waals surface area (Å²) in [6.07, 6.45) is 4.62. The van der Waals surface area contributed by atoms with E-state index in [4.69, 9.17) is 9.47 Å². The van der Waals surface area contributed by atoms with Gasteiger partial charge in [-0.15, -0.1) is 0 Å². The molecule has 30 heavy (non-hydrogen) atoms. The molecule has 1 aromatic carbocycles. The number of hydrogen-bond acceptors (Lipinski definition) is 7. The standard InChI is InChI=1S/C22H29N3O5/c1-3-29-21(27)17-18(24-23-15-11-7-5-8-12-15)20(26)25(16-13-9-6-10-14-16)19(17)22(28)30-4-2/h5,7-8,11-12,16-17,19,23H,3-4,6,9-10,13-14H2,1-2H3/b24-18+/t17-,19+/m1/s1. The minimum Gasteiger partial charge on any atom is -0.465 e. The zero-order chi connectivity index (χ0) is 21.5. The highest BCUT2D eigenvalue weighted by Gasteiger charge is 2.56. The predicted octanol–water partition coefficient (Wildman–Crippen LogP) is 2.74. The van der Waals surface area contributed by atoms with Crippen LogP contribution in [0.1, 0.15) is 46.0 Å². The first-order chi connectivity index (χ1) is 14.6. The third kappa shape index (κ3) is 4.63. The van der Waals surface area contributed by atoms with Crippen molar-refractivity contribution in [3.8, 4) is 0 Å². The molecule has 1 aliphatic carbocycles. The topological polar surface area (TPSA) is 97.3 Å². The molecule has 1 amide bonds. The fourth-order valence-electron chi connectivity index (χ4n) is 4.16. The number of likely N-dealkylation sites (tertiary alicyclic amines) is 1. The van der Waals surface area contributed by atoms with Gasteiger partial charge in [-0.3, -0.25) is 15.0 Å². The first kappa shape index (κ1) is 21.8. The fraction of sp³-hybridized carbons (Fsp3) is 0.545. The maximum absolute atomic E-state index is 13.4. The number of nitrogens with one attached hydrogen (secondary N) is 1. The Morgan fingerprint density at radius 2 is 1.67 bits per heavy atom. The van der Waals surface area contributed by atoms with E-state index >= 15 is 0 Å². The lowest BCUT2D eigenvalue weighted by atomic mass is 9.92. The zero-order valence-electron chi connectivity index (χ0n) is 17.5. The van der Waals surface area contributed by atoms with Crippen molar-refractivity contribution in [3.05, 3.63) is 30.3 Å². The van der Waals surface area contributed by atoms with E-state index in [1.807, 2.05) is 18.2 Å². The monoisotopic (exact) mass is 415 g/mol. The van der Waals surface area contributed by atoms with E-state index in [-0.39, 0.29) is 25.0 Å². The summed E-state index contributed by atoms with van der Waals surface area (Å²) in [7, 11) is 0. The summed E-state index contributed by atoms with van der Waals surface area (Å²) in [5.41, 5.74) is 3.50. The normalized spacial score (nSPS) is 23.5. The van der Waals surface area contributed by atoms with Crippen molar-refractivity contribution in [2.45, 2.75) is 58.0 Å². The molecule has 3 rings (SSSR count). The summed E-state index contributed by atoms with van der Waals surface area (Å²) in [4.78, 5) is 40.6. The van der Waals surface area contributed by atoms with Gasteiger partial charge in [-0.1, -0.05) is 37.5 Å². The Kier molecular flexibility index (Phi) is 7.43. The molecule has 2 aliphatic rings. The number of hydrazone groups is 1. The summed E-state index contributed by atoms with van der Waals surface area (Å²) in [6.45, 7) is 3.69. The Labute approximate surface area is 176 Å². The number of benzene rings is 1. The van der Waals surface area contributed by atoms with Gasteiger partial charge in [0.05, 0.1) is 18.9 Å². The van der Waals surface area contributed by atoms with Crippen LogP contribution in [0.15, 0.2) is 35.4 Å². The third-order valence-corrected chi connectivity index (χ3v) is 5.48. The molecule has 162 valence electrons. The van der Waals surface area contributed by atoms with Crippen molar-refractivity contribution in [1.82, 2.24) is 4.90 Å². The van der Waals surface area contributed by atoms with Crippen LogP contribution in [0.2, 0.25) is 0 Å². The van der Waals surface area contributed by atoms with Crippen molar-refractivity contribution >= 4 is 29.2 Å². The Morgan fingerprint density at radius 1 is 1.03 bits per heavy atom. The quantitative estimate of drug-likeness (QED) is 0.543. The summed E-state index contributed by atoms with van der Waals surface area (Å²) in [6, 6.07) is 7.93. The van der Waals surface area contributed by atoms with Crippen LogP contribution in [-0.4, -0.2) is 53.8 Å². The molecule has 0 spiro atoms. The van der Waals surface area contributed by atoms with Crippen LogP contribution in [0.25, 0.3) is 0 Å². The van der Waals surface area contributed by atoms with Gasteiger partial charge in [-0.05, 0) is 38.8 Å². The van der Waals surface area contributed by atoms with Crippen molar-refractivity contribution in [3.63, 3.8) is 0 Å². The second kappa shape index (κ2) is 10.2. The molecular formula is C22H29N3O5. The van der Waals surface area contributed by atoms with E-state index in [1.54, 1.807) is 26.0 Å². The SMILES string of the molecule is CCOC(=O)[C@@H]1/C(=N\Nc2ccccc2)C(=O)N(C2CCCCC2)[C@@H]1C(=O)OCC. The molecule has 8 heteroatoms. The maximum Gasteiger partial charge on any atom is 0.330 e. The largest absolute Gasteiger partial charge is 0.465 e. The number of carbonyl (C=O) groups excluding carboxylic acids is 3. The lowest BCUT2D eigenvalue weighted by Gasteiger charge is -2.34. The summed E-state index contributed by atoms with van der Waals surface area (Å²) in [5, 5.41) is 4.26. The molecule has 2 fully saturated rings. The summed E-state index contributed by atoms with van der Waals surface area (Å²) in [5.74, 6) is -2.79. The van der Waals surface area contributed by atoms with Gasteiger partial charge in [0.2, 0.25) is 0 Å². The van der Waals surface area contributed by atoms with E-state index in [9.17, 15) is 14.4 Å². The molecule has 1 saturated heterocycles. The summed E-state index contributed by atoms with van der Waals surface area (Å²) < 4.78 is 10.5. The van der Waals surface area contributed by atoms with Gasteiger partial charge in [0, 0.05) is 6.04 Å². The van der Waals surface area contributed by atoms with Gasteiger partial charge in [0.1, 0.15) is 17.7 Å². The van der Waals surface area contributed by atoms with Crippen LogP contribution in [-0.2, 0) is 23.9 Å². The first-order valence-corrected chi connectivity index (χ1v) is 10.6. The number of hydrogen-bond donors (Lipinski definition) is 1. The second-order valence-electron chi connectivity index (χ2n) is 7.41. The van der Waals surface area contributed by atoms with E-state index in [2.05, 4.69) is 10.5 Å². The maximum atomic E-state index is 13.4. The molecule has 0 bridgehead atoms. The lowest BCUT2D eigenvalue weighted by Crippen LogP contribution is -2.50. The molecule has 1 saturated carbocycles. The number of para-hydroxylation sites is 1. The number of esters is 2. The second-order valence-corrected chi connectivity index (χ2v) is 7.41.